The van der Waals surface area contributed by atoms with Gasteiger partial charge in [-0.05, 0) is 37.1 Å². The maximum atomic E-state index is 14.3. The average molecular weight is 545 g/mol. The number of carbonyl (C=O) groups excluding carboxylic acids is 3. The third-order valence-electron chi connectivity index (χ3n) is 9.95. The molecular formula is C29H36O10. The van der Waals surface area contributed by atoms with E-state index in [0.717, 1.165) is 0 Å². The molecule has 0 aromatic heterocycles. The lowest BCUT2D eigenvalue weighted by molar-refractivity contribution is -0.345. The van der Waals surface area contributed by atoms with Gasteiger partial charge in [-0.15, -0.1) is 0 Å². The van der Waals surface area contributed by atoms with E-state index in [2.05, 4.69) is 0 Å². The lowest BCUT2D eigenvalue weighted by Gasteiger charge is -2.67. The molecule has 1 aliphatic heterocycles. The average Bonchev–Trinajstić information content (AvgIpc) is 2.87. The number of esters is 2. The first-order valence-electron chi connectivity index (χ1n) is 13.2. The van der Waals surface area contributed by atoms with Crippen molar-refractivity contribution in [3.05, 3.63) is 47.0 Å². The second-order valence-electron chi connectivity index (χ2n) is 12.2. The zero-order valence-corrected chi connectivity index (χ0v) is 22.7. The van der Waals surface area contributed by atoms with Gasteiger partial charge in [0.25, 0.3) is 0 Å². The van der Waals surface area contributed by atoms with Crippen LogP contribution in [0.1, 0.15) is 57.8 Å². The highest BCUT2D eigenvalue weighted by atomic mass is 16.6. The van der Waals surface area contributed by atoms with Crippen LogP contribution in [0.2, 0.25) is 0 Å². The summed E-state index contributed by atoms with van der Waals surface area (Å²) in [6.45, 7) is 7.29. The molecule has 3 aliphatic carbocycles. The Morgan fingerprint density at radius 3 is 2.28 bits per heavy atom. The van der Waals surface area contributed by atoms with Crippen molar-refractivity contribution in [1.82, 2.24) is 0 Å². The number of hydrogen-bond acceptors (Lipinski definition) is 10. The van der Waals surface area contributed by atoms with E-state index in [1.807, 2.05) is 0 Å². The molecule has 4 aliphatic rings. The summed E-state index contributed by atoms with van der Waals surface area (Å²) in [4.78, 5) is 40.3. The van der Waals surface area contributed by atoms with Crippen molar-refractivity contribution in [1.29, 1.82) is 0 Å². The summed E-state index contributed by atoms with van der Waals surface area (Å²) in [5.41, 5.74) is -6.24. The Kier molecular flexibility index (Phi) is 6.40. The lowest BCUT2D eigenvalue weighted by Crippen LogP contribution is -2.81. The minimum absolute atomic E-state index is 0.0828. The van der Waals surface area contributed by atoms with Crippen molar-refractivity contribution in [3.63, 3.8) is 0 Å². The van der Waals surface area contributed by atoms with Crippen LogP contribution >= 0.6 is 0 Å². The van der Waals surface area contributed by atoms with E-state index in [1.165, 1.54) is 26.0 Å². The quantitative estimate of drug-likeness (QED) is 0.320. The zero-order chi connectivity index (χ0) is 28.7. The van der Waals surface area contributed by atoms with Gasteiger partial charge in [0.1, 0.15) is 23.9 Å². The summed E-state index contributed by atoms with van der Waals surface area (Å²) in [5, 5.41) is 46.7. The van der Waals surface area contributed by atoms with Gasteiger partial charge in [0.15, 0.2) is 11.4 Å². The third-order valence-corrected chi connectivity index (χ3v) is 9.95. The number of Topliss-reactive ketones (excluding diaryl/α,β-unsaturated/α-hetero) is 1. The Balaban J connectivity index is 1.81. The number of aliphatic hydroxyl groups is 4. The minimum atomic E-state index is -2.07. The van der Waals surface area contributed by atoms with Crippen LogP contribution in [-0.2, 0) is 23.8 Å². The van der Waals surface area contributed by atoms with E-state index in [-0.39, 0.29) is 30.6 Å². The highest BCUT2D eigenvalue weighted by Gasteiger charge is 2.77. The maximum absolute atomic E-state index is 14.3. The van der Waals surface area contributed by atoms with Crippen LogP contribution in [0.3, 0.4) is 0 Å². The van der Waals surface area contributed by atoms with Crippen LogP contribution in [0, 0.1) is 16.7 Å². The molecule has 1 saturated heterocycles. The van der Waals surface area contributed by atoms with Gasteiger partial charge < -0.3 is 34.6 Å². The van der Waals surface area contributed by atoms with Gasteiger partial charge in [-0.3, -0.25) is 9.59 Å². The van der Waals surface area contributed by atoms with Crippen molar-refractivity contribution in [2.75, 3.05) is 6.61 Å². The highest BCUT2D eigenvalue weighted by Crippen LogP contribution is 2.63. The fourth-order valence-electron chi connectivity index (χ4n) is 7.66. The van der Waals surface area contributed by atoms with Gasteiger partial charge >= 0.3 is 11.9 Å². The molecule has 1 heterocycles. The smallest absolute Gasteiger partial charge is 0.338 e. The van der Waals surface area contributed by atoms with Crippen molar-refractivity contribution in [2.45, 2.75) is 89.2 Å². The van der Waals surface area contributed by atoms with E-state index < -0.39 is 76.2 Å². The number of benzene rings is 1. The van der Waals surface area contributed by atoms with Gasteiger partial charge in [0.2, 0.25) is 0 Å². The monoisotopic (exact) mass is 544 g/mol. The van der Waals surface area contributed by atoms with Crippen LogP contribution in [0.4, 0.5) is 0 Å². The summed E-state index contributed by atoms with van der Waals surface area (Å²) in [7, 11) is 0. The van der Waals surface area contributed by atoms with E-state index in [1.54, 1.807) is 39.0 Å². The molecule has 0 spiro atoms. The Morgan fingerprint density at radius 1 is 1.08 bits per heavy atom. The molecule has 10 heteroatoms. The highest BCUT2D eigenvalue weighted by molar-refractivity contribution is 5.94. The molecule has 5 rings (SSSR count). The number of ketones is 1. The van der Waals surface area contributed by atoms with Gasteiger partial charge in [-0.2, -0.15) is 0 Å². The molecule has 212 valence electrons. The number of aliphatic hydroxyl groups excluding tert-OH is 3. The molecule has 0 unspecified atom stereocenters. The summed E-state index contributed by atoms with van der Waals surface area (Å²) in [6.07, 6.45) is -7.26. The number of fused-ring (bicyclic) bond motifs is 5. The fourth-order valence-corrected chi connectivity index (χ4v) is 7.66. The molecule has 3 fully saturated rings. The van der Waals surface area contributed by atoms with Gasteiger partial charge in [-0.1, -0.05) is 32.0 Å². The standard InChI is InChI=1S/C29H36O10/c1-14-17(31)12-29(36)24(38-25(35)16-9-7-6-8-10-16)22-27(5,23(34)21(33)20(14)26(29,3)4)18(32)11-19-28(22,13-37-19)39-15(2)30/h6-10,17-19,21-22,24,31-33,36H,11-13H2,1-5H3/t17-,18+,19+,21-,22+,24+,27+,28+,29-/m1/s1. The Morgan fingerprint density at radius 2 is 1.72 bits per heavy atom. The van der Waals surface area contributed by atoms with Crippen LogP contribution in [0.25, 0.3) is 0 Å². The van der Waals surface area contributed by atoms with Crippen molar-refractivity contribution in [2.24, 2.45) is 16.7 Å². The Bertz CT molecular complexity index is 1240. The molecular weight excluding hydrogens is 508 g/mol. The normalized spacial score (nSPS) is 42.7. The SMILES string of the molecule is CC(=O)O[C@@]12CO[C@H]1C[C@H](O)[C@]1(C)C(=O)[C@H](O)C3=C(C)[C@H](O)C[C@@](O)([C@@H](OC(=O)c4ccccc4)[C@H]21)C3(C)C. The first-order chi connectivity index (χ1) is 18.1. The molecule has 2 bridgehead atoms. The third kappa shape index (κ3) is 3.62. The van der Waals surface area contributed by atoms with Crippen molar-refractivity contribution < 1.29 is 49.0 Å². The minimum Gasteiger partial charge on any atom is -0.455 e. The predicted octanol–water partition coefficient (Wildman–Crippen LogP) is 1.08. The summed E-state index contributed by atoms with van der Waals surface area (Å²) in [6, 6.07) is 8.08. The zero-order valence-electron chi connectivity index (χ0n) is 22.7. The summed E-state index contributed by atoms with van der Waals surface area (Å²) < 4.78 is 17.7. The maximum Gasteiger partial charge on any atom is 0.338 e. The first-order valence-corrected chi connectivity index (χ1v) is 13.2. The summed E-state index contributed by atoms with van der Waals surface area (Å²) in [5.74, 6) is -3.60. The van der Waals surface area contributed by atoms with E-state index >= 15 is 0 Å². The van der Waals surface area contributed by atoms with Crippen LogP contribution in [0.5, 0.6) is 0 Å². The second-order valence-corrected chi connectivity index (χ2v) is 12.2. The van der Waals surface area contributed by atoms with Gasteiger partial charge in [0.05, 0.1) is 35.7 Å². The molecule has 2 saturated carbocycles. The molecule has 10 nitrogen and oxygen atoms in total. The fraction of sp³-hybridized carbons (Fsp3) is 0.621. The molecule has 0 amide bonds. The number of hydrogen-bond donors (Lipinski definition) is 4. The Labute approximate surface area is 226 Å². The van der Waals surface area contributed by atoms with Crippen molar-refractivity contribution >= 4 is 17.7 Å². The molecule has 0 radical (unpaired) electrons. The summed E-state index contributed by atoms with van der Waals surface area (Å²) >= 11 is 0. The predicted molar refractivity (Wildman–Crippen MR) is 135 cm³/mol. The Hall–Kier alpha value is -2.63. The molecule has 1 aromatic carbocycles. The topological polar surface area (TPSA) is 160 Å². The number of carbonyl (C=O) groups is 3. The van der Waals surface area contributed by atoms with Gasteiger partial charge in [0, 0.05) is 25.2 Å². The molecule has 39 heavy (non-hydrogen) atoms. The second kappa shape index (κ2) is 8.94. The largest absolute Gasteiger partial charge is 0.455 e. The van der Waals surface area contributed by atoms with E-state index in [9.17, 15) is 34.8 Å². The van der Waals surface area contributed by atoms with E-state index in [0.29, 0.717) is 5.57 Å². The first kappa shape index (κ1) is 27.9. The molecule has 4 N–H and O–H groups in total. The van der Waals surface area contributed by atoms with Gasteiger partial charge in [-0.25, -0.2) is 4.79 Å². The number of ether oxygens (including phenoxy) is 3. The molecule has 1 aromatic rings. The van der Waals surface area contributed by atoms with Crippen LogP contribution in [0.15, 0.2) is 41.5 Å². The number of rotatable bonds is 3. The van der Waals surface area contributed by atoms with Crippen LogP contribution < -0.4 is 0 Å². The lowest BCUT2D eigenvalue weighted by atomic mass is 9.44. The van der Waals surface area contributed by atoms with Crippen molar-refractivity contribution in [3.8, 4) is 0 Å². The van der Waals surface area contributed by atoms with Crippen LogP contribution in [-0.4, -0.2) is 86.5 Å². The molecule has 9 atom stereocenters. The van der Waals surface area contributed by atoms with E-state index in [4.69, 9.17) is 14.2 Å².